The van der Waals surface area contributed by atoms with Crippen LogP contribution < -0.4 is 5.32 Å². The highest BCUT2D eigenvalue weighted by molar-refractivity contribution is 5.83. The maximum atomic E-state index is 13.7. The van der Waals surface area contributed by atoms with Gasteiger partial charge in [0.15, 0.2) is 0 Å². The summed E-state index contributed by atoms with van der Waals surface area (Å²) in [6, 6.07) is 14.2. The van der Waals surface area contributed by atoms with Gasteiger partial charge in [0, 0.05) is 26.1 Å². The first-order chi connectivity index (χ1) is 15.0. The number of piperazine rings is 1. The molecular formula is C24H26FN3O3. The van der Waals surface area contributed by atoms with Crippen molar-refractivity contribution in [3.8, 4) is 0 Å². The molecule has 3 unspecified atom stereocenters. The molecule has 3 aliphatic rings. The van der Waals surface area contributed by atoms with Crippen molar-refractivity contribution in [3.63, 3.8) is 0 Å². The lowest BCUT2D eigenvalue weighted by Gasteiger charge is -2.46. The quantitative estimate of drug-likeness (QED) is 0.802. The summed E-state index contributed by atoms with van der Waals surface area (Å²) in [5, 5.41) is 3.27. The van der Waals surface area contributed by atoms with E-state index >= 15 is 0 Å². The molecule has 2 aromatic carbocycles. The maximum absolute atomic E-state index is 13.7. The third-order valence-electron chi connectivity index (χ3n) is 6.83. The summed E-state index contributed by atoms with van der Waals surface area (Å²) in [6.45, 7) is 1.20. The van der Waals surface area contributed by atoms with E-state index in [1.165, 1.54) is 17.7 Å². The average Bonchev–Trinajstić information content (AvgIpc) is 2.81. The van der Waals surface area contributed by atoms with Crippen LogP contribution in [0.5, 0.6) is 0 Å². The van der Waals surface area contributed by atoms with Crippen LogP contribution in [0.3, 0.4) is 0 Å². The van der Waals surface area contributed by atoms with Gasteiger partial charge >= 0.3 is 0 Å². The second-order valence-corrected chi connectivity index (χ2v) is 8.55. The fourth-order valence-electron chi connectivity index (χ4n) is 5.08. The van der Waals surface area contributed by atoms with E-state index in [0.717, 1.165) is 17.5 Å². The second-order valence-electron chi connectivity index (χ2n) is 8.55. The standard InChI is InChI=1S/C24H26FN3O3/c1-27-20-14-31-21(12-19(20)26-13-22(27)29)24(30)28-11-10-15-4-2-3-5-18(15)23(28)16-6-8-17(25)9-7-16/h2-9,19-21,23,26H,10-14H2,1H3/t19?,20?,21?,23-/m0/s1. The van der Waals surface area contributed by atoms with Crippen LogP contribution in [0.15, 0.2) is 48.5 Å². The van der Waals surface area contributed by atoms with E-state index in [-0.39, 0.29) is 42.3 Å². The molecule has 0 saturated carbocycles. The number of ether oxygens (including phenoxy) is 1. The number of amides is 2. The van der Waals surface area contributed by atoms with Crippen LogP contribution in [0.1, 0.15) is 29.2 Å². The van der Waals surface area contributed by atoms with Crippen LogP contribution in [0, 0.1) is 5.82 Å². The Bertz CT molecular complexity index is 996. The summed E-state index contributed by atoms with van der Waals surface area (Å²) in [6.07, 6.45) is 0.729. The fourth-order valence-corrected chi connectivity index (χ4v) is 5.08. The first kappa shape index (κ1) is 20.2. The van der Waals surface area contributed by atoms with Gasteiger partial charge < -0.3 is 19.9 Å². The highest BCUT2D eigenvalue weighted by atomic mass is 19.1. The van der Waals surface area contributed by atoms with Crippen LogP contribution in [0.2, 0.25) is 0 Å². The van der Waals surface area contributed by atoms with Gasteiger partial charge in [-0.25, -0.2) is 4.39 Å². The molecule has 31 heavy (non-hydrogen) atoms. The smallest absolute Gasteiger partial charge is 0.252 e. The van der Waals surface area contributed by atoms with Crippen molar-refractivity contribution < 1.29 is 18.7 Å². The Hall–Kier alpha value is -2.77. The third-order valence-corrected chi connectivity index (χ3v) is 6.83. The number of hydrogen-bond donors (Lipinski definition) is 1. The molecule has 2 amide bonds. The van der Waals surface area contributed by atoms with E-state index < -0.39 is 6.10 Å². The number of nitrogens with one attached hydrogen (secondary N) is 1. The number of fused-ring (bicyclic) bond motifs is 2. The zero-order valence-corrected chi connectivity index (χ0v) is 17.5. The number of likely N-dealkylation sites (N-methyl/N-ethyl adjacent to an activating group) is 1. The monoisotopic (exact) mass is 423 g/mol. The van der Waals surface area contributed by atoms with Gasteiger partial charge in [-0.1, -0.05) is 36.4 Å². The Balaban J connectivity index is 1.42. The van der Waals surface area contributed by atoms with Crippen molar-refractivity contribution in [2.45, 2.75) is 37.1 Å². The Morgan fingerprint density at radius 3 is 2.74 bits per heavy atom. The zero-order chi connectivity index (χ0) is 21.5. The topological polar surface area (TPSA) is 61.9 Å². The van der Waals surface area contributed by atoms with E-state index in [0.29, 0.717) is 19.6 Å². The number of nitrogens with zero attached hydrogens (tertiary/aromatic N) is 2. The van der Waals surface area contributed by atoms with E-state index in [1.54, 1.807) is 24.1 Å². The molecule has 1 N–H and O–H groups in total. The van der Waals surface area contributed by atoms with E-state index in [1.807, 2.05) is 23.1 Å². The highest BCUT2D eigenvalue weighted by Crippen LogP contribution is 2.36. The molecule has 7 heteroatoms. The molecular weight excluding hydrogens is 397 g/mol. The number of halogens is 1. The van der Waals surface area contributed by atoms with Crippen LogP contribution in [-0.2, 0) is 20.7 Å². The third kappa shape index (κ3) is 3.62. The molecule has 5 rings (SSSR count). The molecule has 2 saturated heterocycles. The minimum atomic E-state index is -0.566. The van der Waals surface area contributed by atoms with Gasteiger partial charge in [-0.05, 0) is 35.2 Å². The molecule has 2 aromatic rings. The van der Waals surface area contributed by atoms with Crippen LogP contribution >= 0.6 is 0 Å². The number of carbonyl (C=O) groups excluding carboxylic acids is 2. The number of carbonyl (C=O) groups is 2. The summed E-state index contributed by atoms with van der Waals surface area (Å²) in [4.78, 5) is 29.2. The van der Waals surface area contributed by atoms with Crippen LogP contribution in [-0.4, -0.2) is 66.5 Å². The second kappa shape index (κ2) is 8.05. The SMILES string of the molecule is CN1C(=O)CNC2CC(C(=O)N3CCc4ccccc4[C@@H]3c3ccc(F)cc3)OCC21. The first-order valence-corrected chi connectivity index (χ1v) is 10.8. The molecule has 0 spiro atoms. The van der Waals surface area contributed by atoms with Crippen molar-refractivity contribution >= 4 is 11.8 Å². The lowest BCUT2D eigenvalue weighted by molar-refractivity contribution is -0.157. The summed E-state index contributed by atoms with van der Waals surface area (Å²) < 4.78 is 19.6. The Morgan fingerprint density at radius 1 is 1.16 bits per heavy atom. The molecule has 2 fully saturated rings. The lowest BCUT2D eigenvalue weighted by Crippen LogP contribution is -2.65. The molecule has 6 nitrogen and oxygen atoms in total. The molecule has 162 valence electrons. The van der Waals surface area contributed by atoms with E-state index in [2.05, 4.69) is 11.4 Å². The van der Waals surface area contributed by atoms with Crippen molar-refractivity contribution in [1.82, 2.24) is 15.1 Å². The predicted octanol–water partition coefficient (Wildman–Crippen LogP) is 1.89. The summed E-state index contributed by atoms with van der Waals surface area (Å²) in [5.41, 5.74) is 3.17. The first-order valence-electron chi connectivity index (χ1n) is 10.8. The molecule has 3 heterocycles. The van der Waals surface area contributed by atoms with Crippen molar-refractivity contribution in [2.24, 2.45) is 0 Å². The molecule has 0 bridgehead atoms. The van der Waals surface area contributed by atoms with Gasteiger partial charge in [0.1, 0.15) is 11.9 Å². The Morgan fingerprint density at radius 2 is 1.94 bits per heavy atom. The van der Waals surface area contributed by atoms with Crippen molar-refractivity contribution in [2.75, 3.05) is 26.7 Å². The largest absolute Gasteiger partial charge is 0.366 e. The van der Waals surface area contributed by atoms with Crippen molar-refractivity contribution in [1.29, 1.82) is 0 Å². The predicted molar refractivity (Wildman–Crippen MR) is 113 cm³/mol. The van der Waals surface area contributed by atoms with Crippen molar-refractivity contribution in [3.05, 3.63) is 71.0 Å². The zero-order valence-electron chi connectivity index (χ0n) is 17.5. The van der Waals surface area contributed by atoms with Gasteiger partial charge in [0.05, 0.1) is 25.2 Å². The van der Waals surface area contributed by atoms with Gasteiger partial charge in [-0.2, -0.15) is 0 Å². The van der Waals surface area contributed by atoms with E-state index in [9.17, 15) is 14.0 Å². The van der Waals surface area contributed by atoms with Gasteiger partial charge in [-0.3, -0.25) is 9.59 Å². The molecule has 4 atom stereocenters. The molecule has 0 aromatic heterocycles. The van der Waals surface area contributed by atoms with Gasteiger partial charge in [0.2, 0.25) is 5.91 Å². The fraction of sp³-hybridized carbons (Fsp3) is 0.417. The number of rotatable bonds is 2. The Kier molecular flexibility index (Phi) is 5.24. The number of benzene rings is 2. The highest BCUT2D eigenvalue weighted by Gasteiger charge is 2.43. The van der Waals surface area contributed by atoms with Crippen LogP contribution in [0.4, 0.5) is 4.39 Å². The molecule has 3 aliphatic heterocycles. The molecule has 0 aliphatic carbocycles. The van der Waals surface area contributed by atoms with Crippen LogP contribution in [0.25, 0.3) is 0 Å². The lowest BCUT2D eigenvalue weighted by atomic mass is 9.87. The maximum Gasteiger partial charge on any atom is 0.252 e. The summed E-state index contributed by atoms with van der Waals surface area (Å²) >= 11 is 0. The van der Waals surface area contributed by atoms with Gasteiger partial charge in [-0.15, -0.1) is 0 Å². The minimum absolute atomic E-state index is 0.0340. The average molecular weight is 423 g/mol. The minimum Gasteiger partial charge on any atom is -0.366 e. The molecule has 0 radical (unpaired) electrons. The summed E-state index contributed by atoms with van der Waals surface area (Å²) in [7, 11) is 1.79. The van der Waals surface area contributed by atoms with Gasteiger partial charge in [0.25, 0.3) is 5.91 Å². The summed E-state index contributed by atoms with van der Waals surface area (Å²) in [5.74, 6) is -0.309. The normalized spacial score (nSPS) is 28.1. The van der Waals surface area contributed by atoms with E-state index in [4.69, 9.17) is 4.74 Å². The Labute approximate surface area is 181 Å². The number of hydrogen-bond acceptors (Lipinski definition) is 4.